The molecule has 1 aliphatic rings. The van der Waals surface area contributed by atoms with Crippen LogP contribution in [0, 0.1) is 11.7 Å². The van der Waals surface area contributed by atoms with E-state index in [1.165, 1.54) is 18.6 Å². The van der Waals surface area contributed by atoms with Crippen LogP contribution in [0.1, 0.15) is 41.3 Å². The van der Waals surface area contributed by atoms with E-state index >= 15 is 0 Å². The fraction of sp³-hybridized carbons (Fsp3) is 0.308. The van der Waals surface area contributed by atoms with Crippen LogP contribution in [0.2, 0.25) is 0 Å². The predicted octanol–water partition coefficient (Wildman–Crippen LogP) is 4.57. The lowest BCUT2D eigenvalue weighted by Gasteiger charge is -2.33. The van der Waals surface area contributed by atoms with E-state index in [-0.39, 0.29) is 11.6 Å². The summed E-state index contributed by atoms with van der Waals surface area (Å²) in [7, 11) is 0. The molecular formula is C26H28FN3O2. The van der Waals surface area contributed by atoms with E-state index < -0.39 is 17.7 Å². The molecule has 3 N–H and O–H groups in total. The van der Waals surface area contributed by atoms with E-state index in [0.717, 1.165) is 29.9 Å². The van der Waals surface area contributed by atoms with Crippen LogP contribution >= 0.6 is 0 Å². The van der Waals surface area contributed by atoms with E-state index in [2.05, 4.69) is 33.8 Å². The number of carbonyl (C=O) groups is 1. The molecule has 166 valence electrons. The highest BCUT2D eigenvalue weighted by Crippen LogP contribution is 2.31. The zero-order chi connectivity index (χ0) is 22.5. The van der Waals surface area contributed by atoms with Gasteiger partial charge in [-0.15, -0.1) is 0 Å². The Bertz CT molecular complexity index is 1070. The molecule has 1 aromatic heterocycles. The molecule has 0 saturated heterocycles. The number of nitrogens with one attached hydrogen (secondary N) is 2. The van der Waals surface area contributed by atoms with Crippen LogP contribution < -0.4 is 10.6 Å². The molecule has 32 heavy (non-hydrogen) atoms. The summed E-state index contributed by atoms with van der Waals surface area (Å²) in [6.07, 6.45) is 3.39. The molecule has 2 aromatic carbocycles. The number of benzene rings is 2. The summed E-state index contributed by atoms with van der Waals surface area (Å²) < 4.78 is 14.1. The predicted molar refractivity (Wildman–Crippen MR) is 123 cm³/mol. The number of carboxylic acid groups (broad SMARTS) is 1. The molecule has 3 atom stereocenters. The zero-order valence-electron chi connectivity index (χ0n) is 18.1. The quantitative estimate of drug-likeness (QED) is 0.485. The van der Waals surface area contributed by atoms with Crippen molar-refractivity contribution in [2.45, 2.75) is 31.7 Å². The molecule has 1 aliphatic heterocycles. The molecule has 5 nitrogen and oxygen atoms in total. The van der Waals surface area contributed by atoms with Gasteiger partial charge in [0.25, 0.3) is 0 Å². The lowest BCUT2D eigenvalue weighted by atomic mass is 9.86. The van der Waals surface area contributed by atoms with Crippen molar-refractivity contribution in [2.24, 2.45) is 5.92 Å². The van der Waals surface area contributed by atoms with Crippen LogP contribution in [0.5, 0.6) is 0 Å². The fourth-order valence-electron chi connectivity index (χ4n) is 4.36. The van der Waals surface area contributed by atoms with Crippen LogP contribution in [-0.4, -0.2) is 29.1 Å². The minimum absolute atomic E-state index is 0.136. The van der Waals surface area contributed by atoms with Crippen molar-refractivity contribution in [2.75, 3.05) is 18.4 Å². The van der Waals surface area contributed by atoms with Crippen molar-refractivity contribution >= 4 is 11.7 Å². The molecule has 0 saturated carbocycles. The third kappa shape index (κ3) is 4.97. The number of aromatic nitrogens is 1. The number of anilines is 1. The Kier molecular flexibility index (Phi) is 6.81. The number of nitrogens with zero attached hydrogens (tertiary/aromatic N) is 1. The fourth-order valence-corrected chi connectivity index (χ4v) is 4.36. The Labute approximate surface area is 187 Å². The van der Waals surface area contributed by atoms with Gasteiger partial charge in [-0.05, 0) is 55.6 Å². The smallest absolute Gasteiger partial charge is 0.310 e. The average molecular weight is 434 g/mol. The van der Waals surface area contributed by atoms with Gasteiger partial charge in [-0.1, -0.05) is 42.5 Å². The van der Waals surface area contributed by atoms with Gasteiger partial charge in [0.1, 0.15) is 5.82 Å². The maximum atomic E-state index is 14.1. The lowest BCUT2D eigenvalue weighted by Crippen LogP contribution is -2.37. The summed E-state index contributed by atoms with van der Waals surface area (Å²) in [5, 5.41) is 16.5. The first kappa shape index (κ1) is 22.0. The first-order chi connectivity index (χ1) is 15.5. The molecule has 0 radical (unpaired) electrons. The molecule has 0 bridgehead atoms. The summed E-state index contributed by atoms with van der Waals surface area (Å²) in [5.41, 5.74) is 4.55. The molecule has 2 heterocycles. The third-order valence-corrected chi connectivity index (χ3v) is 6.21. The SMILES string of the molecule is C[C@H](C(=O)O)c1cc(CCN[C@H](c2ccccc2)[C@H]2CNc3cccnc3C2)ccc1F. The normalized spacial score (nSPS) is 17.1. The number of halogens is 1. The van der Waals surface area contributed by atoms with Gasteiger partial charge in [0, 0.05) is 30.3 Å². The topological polar surface area (TPSA) is 74.2 Å². The van der Waals surface area contributed by atoms with Gasteiger partial charge in [-0.3, -0.25) is 9.78 Å². The third-order valence-electron chi connectivity index (χ3n) is 6.21. The number of rotatable bonds is 8. The van der Waals surface area contributed by atoms with Gasteiger partial charge in [0.15, 0.2) is 0 Å². The Morgan fingerprint density at radius 2 is 2.03 bits per heavy atom. The molecule has 3 aromatic rings. The van der Waals surface area contributed by atoms with Crippen molar-refractivity contribution < 1.29 is 14.3 Å². The molecule has 0 amide bonds. The Hall–Kier alpha value is -3.25. The van der Waals surface area contributed by atoms with Gasteiger partial charge in [-0.2, -0.15) is 0 Å². The largest absolute Gasteiger partial charge is 0.481 e. The molecular weight excluding hydrogens is 405 g/mol. The van der Waals surface area contributed by atoms with Crippen molar-refractivity contribution in [3.05, 3.63) is 95.1 Å². The van der Waals surface area contributed by atoms with Crippen LogP contribution in [0.15, 0.2) is 66.9 Å². The zero-order valence-corrected chi connectivity index (χ0v) is 18.1. The first-order valence-electron chi connectivity index (χ1n) is 11.0. The summed E-state index contributed by atoms with van der Waals surface area (Å²) in [5.74, 6) is -2.04. The van der Waals surface area contributed by atoms with Crippen molar-refractivity contribution in [3.63, 3.8) is 0 Å². The van der Waals surface area contributed by atoms with Crippen molar-refractivity contribution in [1.29, 1.82) is 0 Å². The number of pyridine rings is 1. The number of carboxylic acids is 1. The van der Waals surface area contributed by atoms with E-state index in [1.807, 2.05) is 30.5 Å². The molecule has 4 rings (SSSR count). The molecule has 0 fully saturated rings. The van der Waals surface area contributed by atoms with Crippen LogP contribution in [0.3, 0.4) is 0 Å². The highest BCUT2D eigenvalue weighted by molar-refractivity contribution is 5.75. The van der Waals surface area contributed by atoms with Gasteiger partial charge < -0.3 is 15.7 Å². The highest BCUT2D eigenvalue weighted by Gasteiger charge is 2.27. The Morgan fingerprint density at radius 3 is 2.81 bits per heavy atom. The van der Waals surface area contributed by atoms with Crippen molar-refractivity contribution in [1.82, 2.24) is 10.3 Å². The maximum Gasteiger partial charge on any atom is 0.310 e. The summed E-state index contributed by atoms with van der Waals surface area (Å²) in [6, 6.07) is 19.3. The molecule has 0 aliphatic carbocycles. The maximum absolute atomic E-state index is 14.1. The van der Waals surface area contributed by atoms with E-state index in [0.29, 0.717) is 18.9 Å². The average Bonchev–Trinajstić information content (AvgIpc) is 2.82. The summed E-state index contributed by atoms with van der Waals surface area (Å²) in [4.78, 5) is 15.8. The van der Waals surface area contributed by atoms with Crippen LogP contribution in [-0.2, 0) is 17.6 Å². The number of fused-ring (bicyclic) bond motifs is 1. The van der Waals surface area contributed by atoms with Gasteiger partial charge in [0.2, 0.25) is 0 Å². The second-order valence-electron chi connectivity index (χ2n) is 8.35. The lowest BCUT2D eigenvalue weighted by molar-refractivity contribution is -0.138. The Morgan fingerprint density at radius 1 is 1.22 bits per heavy atom. The summed E-state index contributed by atoms with van der Waals surface area (Å²) in [6.45, 7) is 3.05. The van der Waals surface area contributed by atoms with E-state index in [9.17, 15) is 14.3 Å². The second-order valence-corrected chi connectivity index (χ2v) is 8.35. The number of hydrogen-bond donors (Lipinski definition) is 3. The molecule has 0 unspecified atom stereocenters. The van der Waals surface area contributed by atoms with Crippen molar-refractivity contribution in [3.8, 4) is 0 Å². The van der Waals surface area contributed by atoms with E-state index in [4.69, 9.17) is 0 Å². The highest BCUT2D eigenvalue weighted by atomic mass is 19.1. The van der Waals surface area contributed by atoms with Gasteiger partial charge in [-0.25, -0.2) is 4.39 Å². The molecule has 0 spiro atoms. The first-order valence-corrected chi connectivity index (χ1v) is 11.0. The number of hydrogen-bond acceptors (Lipinski definition) is 4. The van der Waals surface area contributed by atoms with Gasteiger partial charge >= 0.3 is 5.97 Å². The summed E-state index contributed by atoms with van der Waals surface area (Å²) >= 11 is 0. The van der Waals surface area contributed by atoms with Crippen LogP contribution in [0.25, 0.3) is 0 Å². The minimum atomic E-state index is -1.03. The van der Waals surface area contributed by atoms with Crippen LogP contribution in [0.4, 0.5) is 10.1 Å². The minimum Gasteiger partial charge on any atom is -0.481 e. The van der Waals surface area contributed by atoms with Gasteiger partial charge in [0.05, 0.1) is 17.3 Å². The monoisotopic (exact) mass is 433 g/mol. The Balaban J connectivity index is 1.47. The number of aliphatic carboxylic acids is 1. The molecule has 6 heteroatoms. The van der Waals surface area contributed by atoms with E-state index in [1.54, 1.807) is 12.1 Å². The standard InChI is InChI=1S/C26H28FN3O2/c1-17(26(31)32)21-14-18(9-10-22(21)27)11-13-29-25(19-6-3-2-4-7-19)20-15-24-23(30-16-20)8-5-12-28-24/h2-10,12,14,17,20,25,29-30H,11,13,15-16H2,1H3,(H,31,32)/t17-,20+,25+/m0/s1. The second kappa shape index (κ2) is 9.92.